The number of hydrogen-bond acceptors (Lipinski definition) is 2. The number of benzene rings is 8. The third-order valence-electron chi connectivity index (χ3n) is 9.91. The van der Waals surface area contributed by atoms with Gasteiger partial charge in [0.05, 0.1) is 0 Å². The maximum Gasteiger partial charge on any atom is 0.0367 e. The first-order valence-corrected chi connectivity index (χ1v) is 18.6. The van der Waals surface area contributed by atoms with Gasteiger partial charge in [0.2, 0.25) is 0 Å². The molecule has 10 rings (SSSR count). The van der Waals surface area contributed by atoms with Crippen LogP contribution in [0, 0.1) is 0 Å². The van der Waals surface area contributed by atoms with Gasteiger partial charge in [-0.3, -0.25) is 0 Å². The Balaban J connectivity index is 1.21. The molecule has 0 fully saturated rings. The van der Waals surface area contributed by atoms with Crippen LogP contribution in [0.15, 0.2) is 182 Å². The van der Waals surface area contributed by atoms with Crippen LogP contribution < -0.4 is 0 Å². The van der Waals surface area contributed by atoms with Gasteiger partial charge < -0.3 is 0 Å². The van der Waals surface area contributed by atoms with Crippen molar-refractivity contribution >= 4 is 63.0 Å². The van der Waals surface area contributed by atoms with Crippen molar-refractivity contribution in [3.63, 3.8) is 0 Å². The minimum absolute atomic E-state index is 1.21. The molecule has 0 saturated carbocycles. The van der Waals surface area contributed by atoms with E-state index in [1.165, 1.54) is 96.0 Å². The van der Waals surface area contributed by atoms with E-state index >= 15 is 0 Å². The normalized spacial score (nSPS) is 11.6. The zero-order valence-electron chi connectivity index (χ0n) is 27.1. The monoisotopic (exact) mass is 670 g/mol. The molecule has 2 aromatic heterocycles. The molecule has 0 spiro atoms. The van der Waals surface area contributed by atoms with E-state index in [-0.39, 0.29) is 0 Å². The molecule has 10 aromatic rings. The number of rotatable bonds is 5. The fourth-order valence-electron chi connectivity index (χ4n) is 7.44. The van der Waals surface area contributed by atoms with Gasteiger partial charge in [0, 0.05) is 40.3 Å². The van der Waals surface area contributed by atoms with Gasteiger partial charge in [0.15, 0.2) is 0 Å². The van der Waals surface area contributed by atoms with Crippen molar-refractivity contribution in [3.8, 4) is 55.6 Å². The van der Waals surface area contributed by atoms with Crippen molar-refractivity contribution in [3.05, 3.63) is 182 Å². The fourth-order valence-corrected chi connectivity index (χ4v) is 9.76. The van der Waals surface area contributed by atoms with E-state index in [1.807, 2.05) is 22.7 Å². The third-order valence-corrected chi connectivity index (χ3v) is 12.2. The Morgan fingerprint density at radius 1 is 0.240 bits per heavy atom. The smallest absolute Gasteiger partial charge is 0.0367 e. The molecule has 50 heavy (non-hydrogen) atoms. The molecular weight excluding hydrogens is 641 g/mol. The lowest BCUT2D eigenvalue weighted by molar-refractivity contribution is 1.57. The molecular formula is C48H30S2. The zero-order chi connectivity index (χ0) is 33.0. The van der Waals surface area contributed by atoms with Crippen molar-refractivity contribution in [1.82, 2.24) is 0 Å². The minimum atomic E-state index is 1.21. The maximum atomic E-state index is 2.44. The van der Waals surface area contributed by atoms with Gasteiger partial charge in [-0.05, 0) is 92.0 Å². The topological polar surface area (TPSA) is 0 Å². The average molecular weight is 671 g/mol. The van der Waals surface area contributed by atoms with E-state index in [4.69, 9.17) is 0 Å². The molecule has 0 N–H and O–H groups in total. The summed E-state index contributed by atoms with van der Waals surface area (Å²) >= 11 is 3.77. The highest BCUT2D eigenvalue weighted by atomic mass is 32.1. The maximum absolute atomic E-state index is 2.44. The van der Waals surface area contributed by atoms with Gasteiger partial charge in [0.25, 0.3) is 0 Å². The summed E-state index contributed by atoms with van der Waals surface area (Å²) in [7, 11) is 0. The second-order valence-corrected chi connectivity index (χ2v) is 15.0. The van der Waals surface area contributed by atoms with Crippen LogP contribution in [0.4, 0.5) is 0 Å². The summed E-state index contributed by atoms with van der Waals surface area (Å²) in [6, 6.07) is 67.0. The average Bonchev–Trinajstić information content (AvgIpc) is 3.76. The van der Waals surface area contributed by atoms with Gasteiger partial charge in [-0.15, -0.1) is 22.7 Å². The summed E-state index contributed by atoms with van der Waals surface area (Å²) in [5.41, 5.74) is 12.4. The van der Waals surface area contributed by atoms with Crippen molar-refractivity contribution in [2.75, 3.05) is 0 Å². The molecule has 0 unspecified atom stereocenters. The lowest BCUT2D eigenvalue weighted by atomic mass is 9.87. The zero-order valence-corrected chi connectivity index (χ0v) is 28.8. The lowest BCUT2D eigenvalue weighted by Gasteiger charge is -2.16. The van der Waals surface area contributed by atoms with Crippen molar-refractivity contribution < 1.29 is 0 Å². The van der Waals surface area contributed by atoms with Crippen LogP contribution in [-0.4, -0.2) is 0 Å². The van der Waals surface area contributed by atoms with E-state index in [9.17, 15) is 0 Å². The summed E-state index contributed by atoms with van der Waals surface area (Å²) in [6.07, 6.45) is 0. The van der Waals surface area contributed by atoms with E-state index in [0.717, 1.165) is 0 Å². The summed E-state index contributed by atoms with van der Waals surface area (Å²) in [5, 5.41) is 5.30. The van der Waals surface area contributed by atoms with E-state index < -0.39 is 0 Å². The quantitative estimate of drug-likeness (QED) is 0.171. The molecule has 0 nitrogen and oxygen atoms in total. The summed E-state index contributed by atoms with van der Waals surface area (Å²) < 4.78 is 5.29. The van der Waals surface area contributed by atoms with Crippen LogP contribution >= 0.6 is 22.7 Å². The highest BCUT2D eigenvalue weighted by molar-refractivity contribution is 7.26. The molecule has 0 aliphatic carbocycles. The summed E-state index contributed by atoms with van der Waals surface area (Å²) in [5.74, 6) is 0. The first-order valence-electron chi connectivity index (χ1n) is 17.0. The Morgan fingerprint density at radius 3 is 1.48 bits per heavy atom. The highest BCUT2D eigenvalue weighted by Crippen LogP contribution is 2.47. The molecule has 0 bridgehead atoms. The molecule has 234 valence electrons. The minimum Gasteiger partial charge on any atom is -0.135 e. The van der Waals surface area contributed by atoms with Gasteiger partial charge in [0.1, 0.15) is 0 Å². The first-order chi connectivity index (χ1) is 24.8. The second kappa shape index (κ2) is 12.0. The Bertz CT molecular complexity index is 2840. The van der Waals surface area contributed by atoms with Crippen LogP contribution in [-0.2, 0) is 0 Å². The molecule has 0 radical (unpaired) electrons. The molecule has 0 atom stereocenters. The Kier molecular flexibility index (Phi) is 6.97. The molecule has 0 saturated heterocycles. The van der Waals surface area contributed by atoms with Crippen LogP contribution in [0.3, 0.4) is 0 Å². The number of fused-ring (bicyclic) bond motifs is 6. The van der Waals surface area contributed by atoms with Crippen LogP contribution in [0.25, 0.3) is 96.0 Å². The van der Waals surface area contributed by atoms with E-state index in [2.05, 4.69) is 182 Å². The highest BCUT2D eigenvalue weighted by Gasteiger charge is 2.18. The first kappa shape index (κ1) is 29.1. The Labute approximate surface area is 299 Å². The Morgan fingerprint density at radius 2 is 0.720 bits per heavy atom. The van der Waals surface area contributed by atoms with Gasteiger partial charge in [-0.2, -0.15) is 0 Å². The van der Waals surface area contributed by atoms with Crippen molar-refractivity contribution in [2.45, 2.75) is 0 Å². The van der Waals surface area contributed by atoms with Gasteiger partial charge in [-0.1, -0.05) is 146 Å². The molecule has 2 heterocycles. The molecule has 0 amide bonds. The van der Waals surface area contributed by atoms with Crippen LogP contribution in [0.5, 0.6) is 0 Å². The van der Waals surface area contributed by atoms with Crippen LogP contribution in [0.1, 0.15) is 0 Å². The lowest BCUT2D eigenvalue weighted by Crippen LogP contribution is -1.90. The SMILES string of the molecule is c1ccc(-c2ccc(-c3ccc(-c4ccccc4)c(-c4cc(-c5ccc6c(c5)sc5ccccc56)cc5sc6ccccc6c45)c3)cc2)cc1. The number of thiophene rings is 2. The van der Waals surface area contributed by atoms with Crippen molar-refractivity contribution in [2.24, 2.45) is 0 Å². The standard InChI is InChI=1S/C48H30S2/c1-3-11-31(12-4-1)32-19-21-33(22-20-32)35-23-25-38(34-13-5-2-6-14-34)42(27-35)43-28-37(30-47-48(43)41-16-8-10-18-45(41)50-47)36-24-26-40-39-15-7-9-17-44(39)49-46(40)29-36/h1-30H. The predicted molar refractivity (Wildman–Crippen MR) is 219 cm³/mol. The molecule has 0 aliphatic rings. The fraction of sp³-hybridized carbons (Fsp3) is 0. The van der Waals surface area contributed by atoms with E-state index in [0.29, 0.717) is 0 Å². The summed E-state index contributed by atoms with van der Waals surface area (Å²) in [4.78, 5) is 0. The van der Waals surface area contributed by atoms with Crippen molar-refractivity contribution in [1.29, 1.82) is 0 Å². The Hall–Kier alpha value is -5.80. The molecule has 8 aromatic carbocycles. The van der Waals surface area contributed by atoms with Gasteiger partial charge >= 0.3 is 0 Å². The number of hydrogen-bond donors (Lipinski definition) is 0. The van der Waals surface area contributed by atoms with Crippen LogP contribution in [0.2, 0.25) is 0 Å². The van der Waals surface area contributed by atoms with Gasteiger partial charge in [-0.25, -0.2) is 0 Å². The third kappa shape index (κ3) is 4.96. The molecule has 2 heteroatoms. The second-order valence-electron chi connectivity index (χ2n) is 12.9. The predicted octanol–water partition coefficient (Wildman–Crippen LogP) is 14.8. The molecule has 0 aliphatic heterocycles. The van der Waals surface area contributed by atoms with E-state index in [1.54, 1.807) is 0 Å². The largest absolute Gasteiger partial charge is 0.135 e. The summed E-state index contributed by atoms with van der Waals surface area (Å²) in [6.45, 7) is 0.